The molecule has 3 rings (SSSR count). The highest BCUT2D eigenvalue weighted by Gasteiger charge is 2.25. The van der Waals surface area contributed by atoms with E-state index >= 15 is 0 Å². The fraction of sp³-hybridized carbons (Fsp3) is 0.357. The van der Waals surface area contributed by atoms with Crippen LogP contribution in [0.2, 0.25) is 5.02 Å². The average molecular weight is 325 g/mol. The number of ether oxygens (including phenoxy) is 1. The van der Waals surface area contributed by atoms with Crippen LogP contribution in [0.15, 0.2) is 23.1 Å². The molecular formula is C14H14ClFN4O2. The maximum Gasteiger partial charge on any atom is 0.273 e. The van der Waals surface area contributed by atoms with Crippen molar-refractivity contribution in [3.05, 3.63) is 39.7 Å². The van der Waals surface area contributed by atoms with Crippen LogP contribution in [0.1, 0.15) is 19.3 Å². The molecule has 0 amide bonds. The maximum atomic E-state index is 13.2. The number of nitrogens with one attached hydrogen (secondary N) is 1. The van der Waals surface area contributed by atoms with Gasteiger partial charge in [-0.15, -0.1) is 0 Å². The van der Waals surface area contributed by atoms with E-state index in [0.717, 1.165) is 12.8 Å². The molecule has 0 spiro atoms. The highest BCUT2D eigenvalue weighted by atomic mass is 35.5. The van der Waals surface area contributed by atoms with E-state index in [4.69, 9.17) is 22.1 Å². The van der Waals surface area contributed by atoms with Crippen molar-refractivity contribution in [3.63, 3.8) is 0 Å². The van der Waals surface area contributed by atoms with Crippen molar-refractivity contribution in [2.24, 2.45) is 5.73 Å². The minimum atomic E-state index is -0.667. The Labute approximate surface area is 130 Å². The molecule has 116 valence electrons. The molecular weight excluding hydrogens is 311 g/mol. The van der Waals surface area contributed by atoms with Crippen molar-refractivity contribution in [3.8, 4) is 17.3 Å². The first-order valence-electron chi connectivity index (χ1n) is 6.87. The van der Waals surface area contributed by atoms with Gasteiger partial charge in [-0.2, -0.15) is 9.37 Å². The zero-order chi connectivity index (χ0) is 15.7. The Morgan fingerprint density at radius 3 is 2.95 bits per heavy atom. The molecule has 0 saturated heterocycles. The van der Waals surface area contributed by atoms with Gasteiger partial charge in [0.05, 0.1) is 0 Å². The van der Waals surface area contributed by atoms with Gasteiger partial charge in [0.25, 0.3) is 5.56 Å². The lowest BCUT2D eigenvalue weighted by Crippen LogP contribution is -2.21. The number of aromatic nitrogens is 3. The summed E-state index contributed by atoms with van der Waals surface area (Å²) in [5, 5.41) is -0.126. The Hall–Kier alpha value is -1.99. The molecule has 1 fully saturated rings. The monoisotopic (exact) mass is 324 g/mol. The second-order valence-corrected chi connectivity index (χ2v) is 5.59. The Bertz CT molecular complexity index is 752. The lowest BCUT2D eigenvalue weighted by molar-refractivity contribution is 0.199. The summed E-state index contributed by atoms with van der Waals surface area (Å²) in [5.41, 5.74) is 5.68. The number of nitrogens with two attached hydrogens (primary N) is 1. The van der Waals surface area contributed by atoms with E-state index in [1.807, 2.05) is 0 Å². The second-order valence-electron chi connectivity index (χ2n) is 5.21. The number of aromatic amines is 1. The van der Waals surface area contributed by atoms with E-state index in [0.29, 0.717) is 12.0 Å². The quantitative estimate of drug-likeness (QED) is 0.841. The number of rotatable bonds is 3. The van der Waals surface area contributed by atoms with Crippen LogP contribution < -0.4 is 16.0 Å². The number of nitrogens with zero attached hydrogens (tertiary/aromatic N) is 2. The maximum absolute atomic E-state index is 13.2. The van der Waals surface area contributed by atoms with E-state index in [1.54, 1.807) is 0 Å². The minimum Gasteiger partial charge on any atom is -0.473 e. The lowest BCUT2D eigenvalue weighted by Gasteiger charge is -2.14. The molecule has 1 aliphatic carbocycles. The minimum absolute atomic E-state index is 0.0386. The first-order valence-corrected chi connectivity index (χ1v) is 7.24. The van der Waals surface area contributed by atoms with Gasteiger partial charge < -0.3 is 15.5 Å². The molecule has 1 saturated carbocycles. The van der Waals surface area contributed by atoms with E-state index < -0.39 is 11.5 Å². The van der Waals surface area contributed by atoms with Gasteiger partial charge in [-0.3, -0.25) is 4.79 Å². The number of hydrogen-bond donors (Lipinski definition) is 2. The molecule has 1 aliphatic rings. The smallest absolute Gasteiger partial charge is 0.273 e. The fourth-order valence-electron chi connectivity index (χ4n) is 2.44. The van der Waals surface area contributed by atoms with Crippen molar-refractivity contribution >= 4 is 11.6 Å². The topological polar surface area (TPSA) is 93.9 Å². The van der Waals surface area contributed by atoms with E-state index in [-0.39, 0.29) is 28.9 Å². The summed E-state index contributed by atoms with van der Waals surface area (Å²) in [6.45, 7) is 0. The fourth-order valence-corrected chi connectivity index (χ4v) is 2.57. The third kappa shape index (κ3) is 3.10. The molecule has 6 nitrogen and oxygen atoms in total. The molecule has 8 heteroatoms. The van der Waals surface area contributed by atoms with Crippen LogP contribution in [-0.4, -0.2) is 27.1 Å². The zero-order valence-corrected chi connectivity index (χ0v) is 12.3. The number of H-pyrrole nitrogens is 1. The summed E-state index contributed by atoms with van der Waals surface area (Å²) < 4.78 is 18.9. The third-order valence-electron chi connectivity index (χ3n) is 3.54. The second kappa shape index (κ2) is 6.02. The van der Waals surface area contributed by atoms with Crippen LogP contribution in [0.5, 0.6) is 5.88 Å². The third-order valence-corrected chi connectivity index (χ3v) is 3.87. The van der Waals surface area contributed by atoms with Crippen molar-refractivity contribution in [1.82, 2.24) is 15.0 Å². The van der Waals surface area contributed by atoms with E-state index in [9.17, 15) is 9.18 Å². The average Bonchev–Trinajstić information content (AvgIpc) is 2.89. The largest absolute Gasteiger partial charge is 0.473 e. The molecule has 2 heterocycles. The molecule has 2 aromatic heterocycles. The lowest BCUT2D eigenvalue weighted by atomic mass is 10.2. The van der Waals surface area contributed by atoms with Gasteiger partial charge in [-0.1, -0.05) is 11.6 Å². The molecule has 0 radical (unpaired) electrons. The van der Waals surface area contributed by atoms with Crippen molar-refractivity contribution in [2.45, 2.75) is 31.4 Å². The van der Waals surface area contributed by atoms with Crippen molar-refractivity contribution in [1.29, 1.82) is 0 Å². The van der Waals surface area contributed by atoms with Gasteiger partial charge in [0.1, 0.15) is 11.9 Å². The molecule has 22 heavy (non-hydrogen) atoms. The summed E-state index contributed by atoms with van der Waals surface area (Å²) in [7, 11) is 0. The molecule has 3 N–H and O–H groups in total. The summed E-state index contributed by atoms with van der Waals surface area (Å²) in [6.07, 6.45) is 3.49. The van der Waals surface area contributed by atoms with Crippen LogP contribution in [0.3, 0.4) is 0 Å². The molecule has 0 aromatic carbocycles. The molecule has 0 bridgehead atoms. The van der Waals surface area contributed by atoms with Crippen LogP contribution in [0.4, 0.5) is 4.39 Å². The Kier molecular flexibility index (Phi) is 4.08. The van der Waals surface area contributed by atoms with Crippen LogP contribution in [-0.2, 0) is 0 Å². The van der Waals surface area contributed by atoms with Crippen molar-refractivity contribution < 1.29 is 9.13 Å². The van der Waals surface area contributed by atoms with Crippen molar-refractivity contribution in [2.75, 3.05) is 0 Å². The van der Waals surface area contributed by atoms with Gasteiger partial charge in [-0.05, 0) is 25.3 Å². The Balaban J connectivity index is 1.95. The predicted molar refractivity (Wildman–Crippen MR) is 79.3 cm³/mol. The van der Waals surface area contributed by atoms with Crippen LogP contribution in [0, 0.1) is 5.95 Å². The van der Waals surface area contributed by atoms with Gasteiger partial charge in [-0.25, -0.2) is 4.98 Å². The highest BCUT2D eigenvalue weighted by molar-refractivity contribution is 6.31. The summed E-state index contributed by atoms with van der Waals surface area (Å²) in [6, 6.07) is 2.78. The van der Waals surface area contributed by atoms with E-state index in [2.05, 4.69) is 15.0 Å². The molecule has 2 atom stereocenters. The molecule has 0 aliphatic heterocycles. The van der Waals surface area contributed by atoms with Gasteiger partial charge in [0.15, 0.2) is 5.02 Å². The first-order chi connectivity index (χ1) is 10.5. The molecule has 0 unspecified atom stereocenters. The Morgan fingerprint density at radius 2 is 2.27 bits per heavy atom. The van der Waals surface area contributed by atoms with Gasteiger partial charge in [0, 0.05) is 23.9 Å². The van der Waals surface area contributed by atoms with Crippen LogP contribution in [0.25, 0.3) is 11.4 Å². The van der Waals surface area contributed by atoms with Gasteiger partial charge in [0.2, 0.25) is 11.8 Å². The van der Waals surface area contributed by atoms with Gasteiger partial charge >= 0.3 is 0 Å². The first kappa shape index (κ1) is 14.9. The van der Waals surface area contributed by atoms with Crippen LogP contribution >= 0.6 is 11.6 Å². The number of hydrogen-bond acceptors (Lipinski definition) is 5. The standard InChI is InChI=1S/C14H14ClFN4O2/c15-11-13(21)19-12(7-3-4-18-10(16)5-7)20-14(11)22-9-2-1-8(17)6-9/h3-5,8-9H,1-2,6,17H2,(H,19,20,21)/t8-,9+/m0/s1. The predicted octanol–water partition coefficient (Wildman–Crippen LogP) is 1.88. The number of pyridine rings is 1. The molecule has 2 aromatic rings. The Morgan fingerprint density at radius 1 is 1.45 bits per heavy atom. The normalized spacial score (nSPS) is 21.0. The summed E-state index contributed by atoms with van der Waals surface area (Å²) in [4.78, 5) is 22.1. The number of halogens is 2. The highest BCUT2D eigenvalue weighted by Crippen LogP contribution is 2.27. The zero-order valence-electron chi connectivity index (χ0n) is 11.6. The summed E-state index contributed by atoms with van der Waals surface area (Å²) in [5.74, 6) is -0.455. The SMILES string of the molecule is N[C@H]1CC[C@@H](Oc2nc(-c3ccnc(F)c3)[nH]c(=O)c2Cl)C1. The summed E-state index contributed by atoms with van der Waals surface area (Å²) >= 11 is 5.95. The van der Waals surface area contributed by atoms with E-state index in [1.165, 1.54) is 18.3 Å².